The molecule has 3 N–H and O–H groups in total. The number of piperazine rings is 1. The lowest BCUT2D eigenvalue weighted by Gasteiger charge is -2.37. The fourth-order valence-corrected chi connectivity index (χ4v) is 12.8. The number of pyridine rings is 1. The van der Waals surface area contributed by atoms with E-state index < -0.39 is 11.9 Å². The molecular weight excluding hydrogens is 951 g/mol. The van der Waals surface area contributed by atoms with Crippen molar-refractivity contribution in [1.82, 2.24) is 30.0 Å². The van der Waals surface area contributed by atoms with Crippen molar-refractivity contribution >= 4 is 72.8 Å². The molecule has 15 nitrogen and oxygen atoms in total. The minimum atomic E-state index is -1.10. The number of imide groups is 1. The fraction of sp³-hybridized carbons (Fsp3) is 0.397. The molecule has 1 atom stereocenters. The molecule has 3 fully saturated rings. The van der Waals surface area contributed by atoms with Gasteiger partial charge in [-0.1, -0.05) is 60.6 Å². The number of ether oxygens (including phenoxy) is 1. The van der Waals surface area contributed by atoms with Gasteiger partial charge >= 0.3 is 5.97 Å². The van der Waals surface area contributed by atoms with Crippen molar-refractivity contribution < 1.29 is 29.0 Å². The first-order valence-electron chi connectivity index (χ1n) is 26.3. The van der Waals surface area contributed by atoms with E-state index >= 15 is 0 Å². The number of carbonyl (C=O) groups is 4. The quantitative estimate of drug-likeness (QED) is 0.0696. The van der Waals surface area contributed by atoms with Crippen LogP contribution in [0.2, 0.25) is 0 Å². The Morgan fingerprint density at radius 2 is 1.62 bits per heavy atom. The zero-order valence-corrected chi connectivity index (χ0v) is 43.2. The van der Waals surface area contributed by atoms with E-state index in [4.69, 9.17) is 14.8 Å². The van der Waals surface area contributed by atoms with E-state index in [2.05, 4.69) is 55.4 Å². The number of nitrogens with one attached hydrogen (secondary N) is 2. The third kappa shape index (κ3) is 9.96. The summed E-state index contributed by atoms with van der Waals surface area (Å²) < 4.78 is 9.59. The van der Waals surface area contributed by atoms with Gasteiger partial charge in [0.05, 0.1) is 33.4 Å². The molecule has 1 unspecified atom stereocenters. The summed E-state index contributed by atoms with van der Waals surface area (Å²) in [7, 11) is 1.94. The molecule has 74 heavy (non-hydrogen) atoms. The van der Waals surface area contributed by atoms with E-state index in [1.807, 2.05) is 85.4 Å². The first kappa shape index (κ1) is 49.1. The zero-order chi connectivity index (χ0) is 51.0. The van der Waals surface area contributed by atoms with Gasteiger partial charge in [-0.05, 0) is 148 Å². The van der Waals surface area contributed by atoms with Gasteiger partial charge in [0.1, 0.15) is 11.6 Å². The molecule has 4 aliphatic rings. The average Bonchev–Trinajstić information content (AvgIpc) is 3.98. The van der Waals surface area contributed by atoms with Crippen LogP contribution in [0.4, 0.5) is 16.6 Å². The second-order valence-corrected chi connectivity index (χ2v) is 21.6. The molecule has 0 bridgehead atoms. The topological polar surface area (TPSA) is 175 Å². The Morgan fingerprint density at radius 1 is 0.811 bits per heavy atom. The molecule has 0 radical (unpaired) electrons. The van der Waals surface area contributed by atoms with Crippen LogP contribution >= 0.6 is 11.3 Å². The number of aryl methyl sites for hydroxylation is 2. The number of benzene rings is 4. The van der Waals surface area contributed by atoms with E-state index in [0.29, 0.717) is 60.3 Å². The van der Waals surface area contributed by atoms with Gasteiger partial charge in [0, 0.05) is 74.9 Å². The van der Waals surface area contributed by atoms with Gasteiger partial charge in [-0.25, -0.2) is 14.8 Å². The Morgan fingerprint density at radius 3 is 2.42 bits per heavy atom. The van der Waals surface area contributed by atoms with Crippen LogP contribution < -0.4 is 25.2 Å². The van der Waals surface area contributed by atoms with Crippen LogP contribution in [-0.2, 0) is 29.6 Å². The van der Waals surface area contributed by atoms with Crippen LogP contribution in [0.1, 0.15) is 112 Å². The van der Waals surface area contributed by atoms with Crippen molar-refractivity contribution in [2.24, 2.45) is 13.0 Å². The number of rotatable bonds is 14. The Balaban J connectivity index is 0.652. The van der Waals surface area contributed by atoms with Gasteiger partial charge in [0.2, 0.25) is 11.8 Å². The van der Waals surface area contributed by atoms with Crippen LogP contribution in [0.3, 0.4) is 0 Å². The van der Waals surface area contributed by atoms with Crippen LogP contribution in [0, 0.1) is 19.8 Å². The molecule has 382 valence electrons. The zero-order valence-electron chi connectivity index (χ0n) is 42.4. The number of thiazole rings is 1. The van der Waals surface area contributed by atoms with Crippen molar-refractivity contribution in [3.05, 3.63) is 124 Å². The predicted octanol–water partition coefficient (Wildman–Crippen LogP) is 9.83. The molecule has 16 heteroatoms. The molecule has 1 aliphatic carbocycles. The fourth-order valence-electron chi connectivity index (χ4n) is 12.0. The van der Waals surface area contributed by atoms with Crippen LogP contribution in [0.5, 0.6) is 5.75 Å². The molecule has 0 spiro atoms. The number of hydrogen-bond donors (Lipinski definition) is 3. The Bertz CT molecular complexity index is 3260. The van der Waals surface area contributed by atoms with Gasteiger partial charge in [-0.2, -0.15) is 5.10 Å². The third-order valence-electron chi connectivity index (χ3n) is 16.0. The van der Waals surface area contributed by atoms with E-state index in [-0.39, 0.29) is 29.5 Å². The number of para-hydroxylation sites is 1. The predicted molar refractivity (Wildman–Crippen MR) is 290 cm³/mol. The van der Waals surface area contributed by atoms with E-state index in [1.54, 1.807) is 0 Å². The first-order valence-corrected chi connectivity index (χ1v) is 27.1. The molecule has 11 rings (SSSR count). The maximum Gasteiger partial charge on any atom is 0.355 e. The number of amides is 3. The molecule has 1 saturated carbocycles. The highest BCUT2D eigenvalue weighted by Crippen LogP contribution is 2.39. The number of hydrogen-bond acceptors (Lipinski definition) is 12. The summed E-state index contributed by atoms with van der Waals surface area (Å²) in [6, 6.07) is 27.5. The number of fused-ring (bicyclic) bond motifs is 3. The molecular formula is C58H63N9O6S. The number of aromatic nitrogens is 4. The number of carbonyl (C=O) groups excluding carboxylic acids is 3. The maximum atomic E-state index is 13.7. The SMILES string of the molecule is Cc1c(O[C@H]2CC[C@H](CCCCN3CCN(c4ccc5c(C6CCC(=O)NC6=O)nn(C)c5c4C)CC3)CC2)cccc1-c1ccc(N2CCc3cccc(C(=O)Nc4nc5ccccc5s4)c3C2)nc1C(=O)O. The minimum absolute atomic E-state index is 0.0168. The summed E-state index contributed by atoms with van der Waals surface area (Å²) in [6.07, 6.45) is 9.55. The summed E-state index contributed by atoms with van der Waals surface area (Å²) in [5, 5.41) is 22.4. The molecule has 7 aromatic rings. The molecule has 2 saturated heterocycles. The van der Waals surface area contributed by atoms with Crippen molar-refractivity contribution in [3.8, 4) is 16.9 Å². The maximum absolute atomic E-state index is 13.7. The molecule has 3 aliphatic heterocycles. The van der Waals surface area contributed by atoms with Gasteiger partial charge < -0.3 is 19.6 Å². The molecule has 4 aromatic carbocycles. The van der Waals surface area contributed by atoms with Crippen LogP contribution in [-0.4, -0.2) is 98.8 Å². The van der Waals surface area contributed by atoms with Gasteiger partial charge in [0.25, 0.3) is 5.91 Å². The van der Waals surface area contributed by atoms with Crippen molar-refractivity contribution in [2.45, 2.75) is 96.6 Å². The normalized spacial score (nSPS) is 19.4. The number of nitrogens with zero attached hydrogens (tertiary/aromatic N) is 7. The standard InChI is InChI=1S/C58H63N9O6S/c1-35-40(41-22-25-50(60-53(41)57(71)72)67-29-27-38-11-8-13-42(45(38)34-67)55(69)62-58-59-46-14-4-5-16-49(46)74-58)12-9-15-48(35)73-39-19-17-37(18-20-39)10-6-7-28-65-30-32-66(33-31-65)47-24-21-43-52(63-64(3)54(43)36(47)2)44-23-26-51(68)61-56(44)70/h4-5,8-9,11-16,21-22,24-25,37,39,44H,6-7,10,17-20,23,26-34H2,1-3H3,(H,71,72)(H,59,62,69)(H,61,68,70)/t37-,39-,44?. The van der Waals surface area contributed by atoms with Gasteiger partial charge in [0.15, 0.2) is 10.8 Å². The summed E-state index contributed by atoms with van der Waals surface area (Å²) in [4.78, 5) is 67.5. The lowest BCUT2D eigenvalue weighted by atomic mass is 9.84. The van der Waals surface area contributed by atoms with Crippen LogP contribution in [0.15, 0.2) is 84.9 Å². The minimum Gasteiger partial charge on any atom is -0.490 e. The number of piperidine rings is 1. The Hall–Kier alpha value is -7.17. The second-order valence-electron chi connectivity index (χ2n) is 20.6. The van der Waals surface area contributed by atoms with E-state index in [1.165, 1.54) is 41.9 Å². The summed E-state index contributed by atoms with van der Waals surface area (Å²) in [5.74, 6) is -0.175. The second kappa shape index (κ2) is 21.0. The lowest BCUT2D eigenvalue weighted by molar-refractivity contribution is -0.134. The van der Waals surface area contributed by atoms with Crippen molar-refractivity contribution in [1.29, 1.82) is 0 Å². The molecule has 3 aromatic heterocycles. The van der Waals surface area contributed by atoms with E-state index in [9.17, 15) is 24.3 Å². The number of carboxylic acid groups (broad SMARTS) is 1. The summed E-state index contributed by atoms with van der Waals surface area (Å²) in [6.45, 7) is 10.3. The average molecular weight is 1010 g/mol. The van der Waals surface area contributed by atoms with Crippen molar-refractivity contribution in [3.63, 3.8) is 0 Å². The highest BCUT2D eigenvalue weighted by molar-refractivity contribution is 7.22. The molecule has 6 heterocycles. The number of carboxylic acids is 1. The highest BCUT2D eigenvalue weighted by Gasteiger charge is 2.33. The van der Waals surface area contributed by atoms with E-state index in [0.717, 1.165) is 113 Å². The monoisotopic (exact) mass is 1010 g/mol. The third-order valence-corrected chi connectivity index (χ3v) is 16.9. The number of anilines is 3. The Kier molecular flexibility index (Phi) is 13.9. The largest absolute Gasteiger partial charge is 0.490 e. The summed E-state index contributed by atoms with van der Waals surface area (Å²) in [5.41, 5.74) is 9.80. The first-order chi connectivity index (χ1) is 35.9. The Labute approximate surface area is 434 Å². The van der Waals surface area contributed by atoms with Gasteiger partial charge in [-0.3, -0.25) is 34.6 Å². The van der Waals surface area contributed by atoms with Gasteiger partial charge in [-0.15, -0.1) is 0 Å². The number of aromatic carboxylic acids is 1. The molecule has 3 amide bonds. The number of unbranched alkanes of at least 4 members (excludes halogenated alkanes) is 1. The smallest absolute Gasteiger partial charge is 0.355 e. The van der Waals surface area contributed by atoms with Crippen LogP contribution in [0.25, 0.3) is 32.2 Å². The highest BCUT2D eigenvalue weighted by atomic mass is 32.1. The van der Waals surface area contributed by atoms with Crippen molar-refractivity contribution in [2.75, 3.05) is 54.4 Å². The summed E-state index contributed by atoms with van der Waals surface area (Å²) >= 11 is 1.44. The lowest BCUT2D eigenvalue weighted by Crippen LogP contribution is -2.46.